The van der Waals surface area contributed by atoms with Gasteiger partial charge in [0.05, 0.1) is 5.69 Å². The molecule has 0 amide bonds. The minimum atomic E-state index is 0.639. The third-order valence-corrected chi connectivity index (χ3v) is 3.65. The summed E-state index contributed by atoms with van der Waals surface area (Å²) in [5.41, 5.74) is 10.7. The maximum Gasteiger partial charge on any atom is 0.130 e. The average molecular weight is 254 g/mol. The first-order valence-electron chi connectivity index (χ1n) is 6.58. The normalized spacial score (nSPS) is 15.2. The summed E-state index contributed by atoms with van der Waals surface area (Å²) in [6.45, 7) is 4.94. The van der Waals surface area contributed by atoms with Gasteiger partial charge in [-0.15, -0.1) is 0 Å². The van der Waals surface area contributed by atoms with Crippen molar-refractivity contribution in [2.45, 2.75) is 26.4 Å². The zero-order valence-electron chi connectivity index (χ0n) is 11.1. The molecule has 1 aromatic heterocycles. The number of benzene rings is 1. The summed E-state index contributed by atoms with van der Waals surface area (Å²) in [5, 5.41) is 0. The van der Waals surface area contributed by atoms with Crippen LogP contribution in [0.15, 0.2) is 30.6 Å². The summed E-state index contributed by atoms with van der Waals surface area (Å²) < 4.78 is 0. The minimum absolute atomic E-state index is 0.639. The van der Waals surface area contributed by atoms with Gasteiger partial charge < -0.3 is 5.73 Å². The highest BCUT2D eigenvalue weighted by Gasteiger charge is 2.19. The van der Waals surface area contributed by atoms with Gasteiger partial charge in [-0.3, -0.25) is 4.90 Å². The van der Waals surface area contributed by atoms with Gasteiger partial charge in [0.25, 0.3) is 0 Å². The molecule has 2 aromatic rings. The van der Waals surface area contributed by atoms with E-state index < -0.39 is 0 Å². The molecular weight excluding hydrogens is 236 g/mol. The fourth-order valence-corrected chi connectivity index (χ4v) is 2.52. The Labute approximate surface area is 113 Å². The zero-order valence-corrected chi connectivity index (χ0v) is 11.1. The molecule has 19 heavy (non-hydrogen) atoms. The van der Waals surface area contributed by atoms with Crippen LogP contribution in [0.1, 0.15) is 22.4 Å². The van der Waals surface area contributed by atoms with Crippen LogP contribution in [0.5, 0.6) is 0 Å². The first kappa shape index (κ1) is 12.1. The predicted molar refractivity (Wildman–Crippen MR) is 75.4 cm³/mol. The Morgan fingerprint density at radius 3 is 2.79 bits per heavy atom. The summed E-state index contributed by atoms with van der Waals surface area (Å²) >= 11 is 0. The Bertz CT molecular complexity index is 577. The van der Waals surface area contributed by atoms with E-state index in [-0.39, 0.29) is 0 Å². The fraction of sp³-hybridized carbons (Fsp3) is 0.333. The van der Waals surface area contributed by atoms with Crippen LogP contribution in [-0.4, -0.2) is 21.4 Å². The van der Waals surface area contributed by atoms with Crippen LogP contribution in [0.2, 0.25) is 0 Å². The number of hydrogen-bond acceptors (Lipinski definition) is 4. The smallest absolute Gasteiger partial charge is 0.130 e. The maximum atomic E-state index is 5.89. The Balaban J connectivity index is 1.74. The van der Waals surface area contributed by atoms with E-state index in [1.165, 1.54) is 11.1 Å². The molecule has 2 N–H and O–H groups in total. The van der Waals surface area contributed by atoms with Crippen LogP contribution in [0.3, 0.4) is 0 Å². The quantitative estimate of drug-likeness (QED) is 0.889. The Hall–Kier alpha value is -1.94. The largest absolute Gasteiger partial charge is 0.383 e. The standard InChI is InChI=1S/C15H18N4/c1-11-2-4-12(5-3-11)8-19-7-6-13-14(9-19)17-10-18-15(13)16/h2-5,10H,6-9H2,1H3,(H2,16,17,18). The van der Waals surface area contributed by atoms with E-state index in [2.05, 4.69) is 46.1 Å². The van der Waals surface area contributed by atoms with Crippen LogP contribution in [0.25, 0.3) is 0 Å². The van der Waals surface area contributed by atoms with E-state index in [0.29, 0.717) is 5.82 Å². The summed E-state index contributed by atoms with van der Waals surface area (Å²) in [7, 11) is 0. The molecule has 4 heteroatoms. The number of aromatic nitrogens is 2. The second-order valence-electron chi connectivity index (χ2n) is 5.13. The lowest BCUT2D eigenvalue weighted by Crippen LogP contribution is -2.31. The molecule has 0 fully saturated rings. The van der Waals surface area contributed by atoms with Crippen LogP contribution < -0.4 is 5.73 Å². The third-order valence-electron chi connectivity index (χ3n) is 3.65. The highest BCUT2D eigenvalue weighted by molar-refractivity contribution is 5.42. The van der Waals surface area contributed by atoms with Crippen molar-refractivity contribution in [1.29, 1.82) is 0 Å². The molecule has 0 aliphatic carbocycles. The molecule has 0 saturated carbocycles. The van der Waals surface area contributed by atoms with E-state index in [9.17, 15) is 0 Å². The fourth-order valence-electron chi connectivity index (χ4n) is 2.52. The third kappa shape index (κ3) is 2.58. The van der Waals surface area contributed by atoms with Crippen LogP contribution >= 0.6 is 0 Å². The molecule has 0 atom stereocenters. The molecule has 1 aromatic carbocycles. The number of anilines is 1. The van der Waals surface area contributed by atoms with Crippen LogP contribution in [-0.2, 0) is 19.5 Å². The number of hydrogen-bond donors (Lipinski definition) is 1. The predicted octanol–water partition coefficient (Wildman–Crippen LogP) is 1.93. The van der Waals surface area contributed by atoms with Crippen molar-refractivity contribution in [2.24, 2.45) is 0 Å². The molecular formula is C15H18N4. The van der Waals surface area contributed by atoms with Crippen molar-refractivity contribution in [3.8, 4) is 0 Å². The van der Waals surface area contributed by atoms with Gasteiger partial charge >= 0.3 is 0 Å². The Kier molecular flexibility index (Phi) is 3.17. The van der Waals surface area contributed by atoms with Gasteiger partial charge in [-0.2, -0.15) is 0 Å². The topological polar surface area (TPSA) is 55.0 Å². The molecule has 98 valence electrons. The molecule has 0 radical (unpaired) electrons. The van der Waals surface area contributed by atoms with Gasteiger partial charge in [0.2, 0.25) is 0 Å². The van der Waals surface area contributed by atoms with E-state index >= 15 is 0 Å². The summed E-state index contributed by atoms with van der Waals surface area (Å²) in [4.78, 5) is 10.8. The van der Waals surface area contributed by atoms with Crippen molar-refractivity contribution < 1.29 is 0 Å². The van der Waals surface area contributed by atoms with E-state index in [4.69, 9.17) is 5.73 Å². The highest BCUT2D eigenvalue weighted by atomic mass is 15.1. The van der Waals surface area contributed by atoms with Gasteiger partial charge in [-0.1, -0.05) is 29.8 Å². The van der Waals surface area contributed by atoms with E-state index in [1.807, 2.05) is 0 Å². The first-order chi connectivity index (χ1) is 9.22. The summed E-state index contributed by atoms with van der Waals surface area (Å²) in [6, 6.07) is 8.71. The lowest BCUT2D eigenvalue weighted by molar-refractivity contribution is 0.241. The average Bonchev–Trinajstić information content (AvgIpc) is 2.42. The molecule has 2 heterocycles. The molecule has 3 rings (SSSR count). The molecule has 4 nitrogen and oxygen atoms in total. The molecule has 1 aliphatic rings. The number of fused-ring (bicyclic) bond motifs is 1. The van der Waals surface area contributed by atoms with Gasteiger partial charge in [-0.25, -0.2) is 9.97 Å². The number of aryl methyl sites for hydroxylation is 1. The monoisotopic (exact) mass is 254 g/mol. The van der Waals surface area contributed by atoms with Gasteiger partial charge in [0, 0.05) is 25.2 Å². The van der Waals surface area contributed by atoms with Crippen molar-refractivity contribution in [1.82, 2.24) is 14.9 Å². The number of nitrogens with zero attached hydrogens (tertiary/aromatic N) is 3. The number of rotatable bonds is 2. The Morgan fingerprint density at radius 2 is 2.00 bits per heavy atom. The number of nitrogen functional groups attached to an aromatic ring is 1. The van der Waals surface area contributed by atoms with Gasteiger partial charge in [-0.05, 0) is 18.9 Å². The summed E-state index contributed by atoms with van der Waals surface area (Å²) in [5.74, 6) is 0.639. The van der Waals surface area contributed by atoms with Crippen molar-refractivity contribution in [2.75, 3.05) is 12.3 Å². The van der Waals surface area contributed by atoms with Gasteiger partial charge in [0.1, 0.15) is 12.1 Å². The molecule has 0 spiro atoms. The van der Waals surface area contributed by atoms with Crippen LogP contribution in [0, 0.1) is 6.92 Å². The number of nitrogens with two attached hydrogens (primary N) is 1. The second kappa shape index (κ2) is 4.97. The maximum absolute atomic E-state index is 5.89. The highest BCUT2D eigenvalue weighted by Crippen LogP contribution is 2.21. The molecule has 0 unspecified atom stereocenters. The molecule has 0 saturated heterocycles. The van der Waals surface area contributed by atoms with Crippen molar-refractivity contribution in [3.05, 3.63) is 53.0 Å². The Morgan fingerprint density at radius 1 is 1.21 bits per heavy atom. The van der Waals surface area contributed by atoms with Crippen molar-refractivity contribution >= 4 is 5.82 Å². The molecule has 0 bridgehead atoms. The summed E-state index contributed by atoms with van der Waals surface area (Å²) in [6.07, 6.45) is 2.50. The van der Waals surface area contributed by atoms with Crippen LogP contribution in [0.4, 0.5) is 5.82 Å². The van der Waals surface area contributed by atoms with E-state index in [0.717, 1.165) is 37.3 Å². The SMILES string of the molecule is Cc1ccc(CN2CCc3c(N)ncnc3C2)cc1. The van der Waals surface area contributed by atoms with E-state index in [1.54, 1.807) is 6.33 Å². The molecule has 1 aliphatic heterocycles. The minimum Gasteiger partial charge on any atom is -0.383 e. The van der Waals surface area contributed by atoms with Crippen molar-refractivity contribution in [3.63, 3.8) is 0 Å². The van der Waals surface area contributed by atoms with Gasteiger partial charge in [0.15, 0.2) is 0 Å². The lowest BCUT2D eigenvalue weighted by Gasteiger charge is -2.28. The first-order valence-corrected chi connectivity index (χ1v) is 6.58. The second-order valence-corrected chi connectivity index (χ2v) is 5.13. The lowest BCUT2D eigenvalue weighted by atomic mass is 10.0. The zero-order chi connectivity index (χ0) is 13.2.